The second-order valence-electron chi connectivity index (χ2n) is 8.97. The lowest BCUT2D eigenvalue weighted by atomic mass is 9.98. The summed E-state index contributed by atoms with van der Waals surface area (Å²) in [6.07, 6.45) is -0.794. The smallest absolute Gasteiger partial charge is 0.411 e. The predicted molar refractivity (Wildman–Crippen MR) is 137 cm³/mol. The SMILES string of the molecule is O=C(Nc1ccc(C(=O)ON2C(=O)c3ccccc3C2=O)c(F)c1)OCC1c2ccccc2-c2ccccc21. The summed E-state index contributed by atoms with van der Waals surface area (Å²) in [7, 11) is 0. The highest BCUT2D eigenvalue weighted by atomic mass is 19.1. The van der Waals surface area contributed by atoms with Crippen LogP contribution in [-0.2, 0) is 9.57 Å². The lowest BCUT2D eigenvalue weighted by Gasteiger charge is -2.15. The van der Waals surface area contributed by atoms with Crippen molar-refractivity contribution in [3.63, 3.8) is 0 Å². The predicted octanol–water partition coefficient (Wildman–Crippen LogP) is 5.55. The molecule has 4 aromatic carbocycles. The number of ether oxygens (including phenoxy) is 1. The summed E-state index contributed by atoms with van der Waals surface area (Å²) in [5, 5.41) is 2.75. The van der Waals surface area contributed by atoms with E-state index >= 15 is 0 Å². The van der Waals surface area contributed by atoms with Gasteiger partial charge in [0, 0.05) is 11.6 Å². The monoisotopic (exact) mass is 522 g/mol. The first kappa shape index (κ1) is 24.1. The first-order valence-corrected chi connectivity index (χ1v) is 12.0. The second-order valence-corrected chi connectivity index (χ2v) is 8.97. The Balaban J connectivity index is 1.10. The van der Waals surface area contributed by atoms with Crippen molar-refractivity contribution in [3.8, 4) is 11.1 Å². The highest BCUT2D eigenvalue weighted by Gasteiger charge is 2.39. The van der Waals surface area contributed by atoms with E-state index in [1.807, 2.05) is 48.5 Å². The number of hydroxylamine groups is 2. The number of carbonyl (C=O) groups is 4. The average molecular weight is 522 g/mol. The minimum Gasteiger partial charge on any atom is -0.448 e. The van der Waals surface area contributed by atoms with Gasteiger partial charge in [0.05, 0.1) is 16.7 Å². The molecule has 0 fully saturated rings. The van der Waals surface area contributed by atoms with Crippen LogP contribution in [0.25, 0.3) is 11.1 Å². The quantitative estimate of drug-likeness (QED) is 0.345. The van der Waals surface area contributed by atoms with Gasteiger partial charge in [0.15, 0.2) is 0 Å². The molecule has 4 aromatic rings. The molecule has 0 saturated carbocycles. The van der Waals surface area contributed by atoms with Crippen molar-refractivity contribution >= 4 is 29.6 Å². The fourth-order valence-corrected chi connectivity index (χ4v) is 4.89. The molecule has 0 spiro atoms. The van der Waals surface area contributed by atoms with Gasteiger partial charge >= 0.3 is 12.1 Å². The maximum Gasteiger partial charge on any atom is 0.411 e. The highest BCUT2D eigenvalue weighted by molar-refractivity contribution is 6.21. The van der Waals surface area contributed by atoms with Crippen LogP contribution in [0.3, 0.4) is 0 Å². The number of carbonyl (C=O) groups excluding carboxylic acids is 4. The van der Waals surface area contributed by atoms with Crippen LogP contribution < -0.4 is 5.32 Å². The highest BCUT2D eigenvalue weighted by Crippen LogP contribution is 2.44. The van der Waals surface area contributed by atoms with Crippen LogP contribution in [-0.4, -0.2) is 35.5 Å². The molecule has 1 heterocycles. The van der Waals surface area contributed by atoms with E-state index in [1.165, 1.54) is 18.2 Å². The maximum atomic E-state index is 14.8. The molecule has 1 N–H and O–H groups in total. The summed E-state index contributed by atoms with van der Waals surface area (Å²) < 4.78 is 20.2. The van der Waals surface area contributed by atoms with Gasteiger partial charge in [-0.3, -0.25) is 14.9 Å². The molecule has 8 nitrogen and oxygen atoms in total. The topological polar surface area (TPSA) is 102 Å². The van der Waals surface area contributed by atoms with Gasteiger partial charge in [-0.2, -0.15) is 0 Å². The first-order chi connectivity index (χ1) is 18.9. The number of benzene rings is 4. The number of nitrogens with one attached hydrogen (secondary N) is 1. The Morgan fingerprint density at radius 3 is 1.87 bits per heavy atom. The number of hydrogen-bond donors (Lipinski definition) is 1. The molecule has 0 radical (unpaired) electrons. The standard InChI is InChI=1S/C30H19FN2O6/c31-26-15-17(13-14-24(26)29(36)39-33-27(34)22-11-5-6-12-23(22)28(33)35)32-30(37)38-16-25-20-9-3-1-7-18(20)19-8-2-4-10-21(19)25/h1-15,25H,16H2,(H,32,37). The van der Waals surface area contributed by atoms with Crippen molar-refractivity contribution in [3.05, 3.63) is 125 Å². The molecule has 0 aromatic heterocycles. The fraction of sp³-hybridized carbons (Fsp3) is 0.0667. The summed E-state index contributed by atoms with van der Waals surface area (Å²) in [4.78, 5) is 54.7. The summed E-state index contributed by atoms with van der Waals surface area (Å²) in [5.41, 5.74) is 3.97. The molecule has 39 heavy (non-hydrogen) atoms. The molecule has 9 heteroatoms. The van der Waals surface area contributed by atoms with Gasteiger partial charge in [-0.05, 0) is 52.6 Å². The number of halogens is 1. The number of imide groups is 1. The van der Waals surface area contributed by atoms with Gasteiger partial charge in [-0.25, -0.2) is 14.0 Å². The molecule has 1 aliphatic carbocycles. The lowest BCUT2D eigenvalue weighted by molar-refractivity contribution is -0.0587. The maximum absolute atomic E-state index is 14.8. The second kappa shape index (κ2) is 9.53. The molecule has 0 bridgehead atoms. The molecule has 0 unspecified atom stereocenters. The van der Waals surface area contributed by atoms with Gasteiger partial charge in [-0.1, -0.05) is 65.7 Å². The summed E-state index contributed by atoms with van der Waals surface area (Å²) in [5.74, 6) is -4.04. The normalized spacial score (nSPS) is 13.5. The Morgan fingerprint density at radius 1 is 0.769 bits per heavy atom. The zero-order valence-electron chi connectivity index (χ0n) is 20.2. The number of fused-ring (bicyclic) bond motifs is 4. The Bertz CT molecular complexity index is 1600. The molecule has 2 aliphatic rings. The van der Waals surface area contributed by atoms with Crippen molar-refractivity contribution in [1.29, 1.82) is 0 Å². The van der Waals surface area contributed by atoms with Gasteiger partial charge in [-0.15, -0.1) is 0 Å². The van der Waals surface area contributed by atoms with E-state index in [2.05, 4.69) is 5.32 Å². The first-order valence-electron chi connectivity index (χ1n) is 12.0. The van der Waals surface area contributed by atoms with Gasteiger partial charge in [0.25, 0.3) is 11.8 Å². The number of amides is 3. The number of rotatable bonds is 5. The van der Waals surface area contributed by atoms with Crippen LogP contribution in [0.5, 0.6) is 0 Å². The Kier molecular flexibility index (Phi) is 5.88. The minimum absolute atomic E-state index is 0.0435. The van der Waals surface area contributed by atoms with Crippen LogP contribution >= 0.6 is 0 Å². The Hall–Kier alpha value is -5.31. The van der Waals surface area contributed by atoms with E-state index in [-0.39, 0.29) is 29.3 Å². The third kappa shape index (κ3) is 4.19. The van der Waals surface area contributed by atoms with E-state index in [1.54, 1.807) is 12.1 Å². The summed E-state index contributed by atoms with van der Waals surface area (Å²) >= 11 is 0. The largest absolute Gasteiger partial charge is 0.448 e. The zero-order valence-corrected chi connectivity index (χ0v) is 20.2. The van der Waals surface area contributed by atoms with Crippen molar-refractivity contribution in [1.82, 2.24) is 5.06 Å². The van der Waals surface area contributed by atoms with E-state index in [0.717, 1.165) is 34.4 Å². The van der Waals surface area contributed by atoms with Crippen LogP contribution in [0.2, 0.25) is 0 Å². The Labute approximate surface area is 221 Å². The Morgan fingerprint density at radius 2 is 1.31 bits per heavy atom. The van der Waals surface area contributed by atoms with Crippen molar-refractivity contribution in [2.24, 2.45) is 0 Å². The number of nitrogens with zero attached hydrogens (tertiary/aromatic N) is 1. The number of hydrogen-bond acceptors (Lipinski definition) is 6. The average Bonchev–Trinajstić information content (AvgIpc) is 3.39. The van der Waals surface area contributed by atoms with Crippen molar-refractivity contribution < 1.29 is 33.1 Å². The van der Waals surface area contributed by atoms with Crippen LogP contribution in [0, 0.1) is 5.82 Å². The van der Waals surface area contributed by atoms with Gasteiger partial charge in [0.2, 0.25) is 0 Å². The van der Waals surface area contributed by atoms with E-state index in [0.29, 0.717) is 5.06 Å². The molecular formula is C30H19FN2O6. The fourth-order valence-electron chi connectivity index (χ4n) is 4.89. The third-order valence-electron chi connectivity index (χ3n) is 6.71. The summed E-state index contributed by atoms with van der Waals surface area (Å²) in [6.45, 7) is 0.0764. The van der Waals surface area contributed by atoms with Crippen molar-refractivity contribution in [2.75, 3.05) is 11.9 Å². The zero-order chi connectivity index (χ0) is 27.1. The van der Waals surface area contributed by atoms with E-state index in [4.69, 9.17) is 9.57 Å². The molecule has 3 amide bonds. The van der Waals surface area contributed by atoms with E-state index in [9.17, 15) is 23.6 Å². The number of anilines is 1. The molecule has 0 atom stereocenters. The van der Waals surface area contributed by atoms with Crippen LogP contribution in [0.15, 0.2) is 91.0 Å². The summed E-state index contributed by atoms with van der Waals surface area (Å²) in [6, 6.07) is 25.1. The van der Waals surface area contributed by atoms with Gasteiger partial charge < -0.3 is 9.57 Å². The molecule has 1 aliphatic heterocycles. The van der Waals surface area contributed by atoms with Crippen LogP contribution in [0.4, 0.5) is 14.9 Å². The molecule has 192 valence electrons. The molecular weight excluding hydrogens is 503 g/mol. The van der Waals surface area contributed by atoms with Crippen molar-refractivity contribution in [2.45, 2.75) is 5.92 Å². The molecule has 0 saturated heterocycles. The van der Waals surface area contributed by atoms with Gasteiger partial charge in [0.1, 0.15) is 12.4 Å². The minimum atomic E-state index is -1.24. The lowest BCUT2D eigenvalue weighted by Crippen LogP contribution is -2.33. The van der Waals surface area contributed by atoms with Crippen LogP contribution in [0.1, 0.15) is 48.1 Å². The third-order valence-corrected chi connectivity index (χ3v) is 6.71. The van der Waals surface area contributed by atoms with E-state index < -0.39 is 35.3 Å². The molecule has 6 rings (SSSR count).